The molecule has 4 heteroatoms. The van der Waals surface area contributed by atoms with E-state index in [1.807, 2.05) is 0 Å². The zero-order chi connectivity index (χ0) is 16.2. The van der Waals surface area contributed by atoms with Gasteiger partial charge in [0.05, 0.1) is 6.10 Å². The van der Waals surface area contributed by atoms with E-state index < -0.39 is 0 Å². The van der Waals surface area contributed by atoms with Crippen LogP contribution in [-0.2, 0) is 0 Å². The lowest BCUT2D eigenvalue weighted by Gasteiger charge is -2.41. The minimum absolute atomic E-state index is 0.174. The van der Waals surface area contributed by atoms with Crippen molar-refractivity contribution in [2.45, 2.75) is 92.0 Å². The van der Waals surface area contributed by atoms with Crippen molar-refractivity contribution in [1.82, 2.24) is 10.6 Å². The lowest BCUT2D eigenvalue weighted by molar-refractivity contribution is 0.0259. The standard InChI is InChI=1S/C17H35N3O/c1-11(2)18-16(19-12(3)4)20-13(5)14-8-15(21)10-17(6,7)9-14/h11-15,21H,8-10H2,1-7H3,(H2,18,19,20). The fraction of sp³-hybridized carbons (Fsp3) is 0.941. The highest BCUT2D eigenvalue weighted by Gasteiger charge is 2.35. The molecule has 1 fully saturated rings. The first-order valence-corrected chi connectivity index (χ1v) is 8.38. The van der Waals surface area contributed by atoms with Crippen LogP contribution in [0.1, 0.15) is 67.7 Å². The largest absolute Gasteiger partial charge is 0.393 e. The molecule has 0 heterocycles. The van der Waals surface area contributed by atoms with Crippen LogP contribution in [0.25, 0.3) is 0 Å². The number of nitrogens with one attached hydrogen (secondary N) is 2. The predicted octanol–water partition coefficient (Wildman–Crippen LogP) is 2.91. The molecule has 21 heavy (non-hydrogen) atoms. The number of hydrogen-bond donors (Lipinski definition) is 3. The summed E-state index contributed by atoms with van der Waals surface area (Å²) in [5.74, 6) is 1.36. The number of hydrogen-bond acceptors (Lipinski definition) is 2. The van der Waals surface area contributed by atoms with Gasteiger partial charge in [-0.2, -0.15) is 0 Å². The molecule has 0 spiro atoms. The summed E-state index contributed by atoms with van der Waals surface area (Å²) in [7, 11) is 0. The molecule has 3 unspecified atom stereocenters. The van der Waals surface area contributed by atoms with E-state index in [-0.39, 0.29) is 17.6 Å². The summed E-state index contributed by atoms with van der Waals surface area (Å²) in [6.07, 6.45) is 2.77. The fourth-order valence-electron chi connectivity index (χ4n) is 3.31. The highest BCUT2D eigenvalue weighted by atomic mass is 16.3. The van der Waals surface area contributed by atoms with Crippen LogP contribution in [0.15, 0.2) is 4.99 Å². The van der Waals surface area contributed by atoms with Crippen molar-refractivity contribution in [2.24, 2.45) is 16.3 Å². The predicted molar refractivity (Wildman–Crippen MR) is 90.6 cm³/mol. The van der Waals surface area contributed by atoms with Gasteiger partial charge in [0.25, 0.3) is 0 Å². The molecular weight excluding hydrogens is 262 g/mol. The van der Waals surface area contributed by atoms with Gasteiger partial charge in [-0.05, 0) is 65.2 Å². The maximum Gasteiger partial charge on any atom is 0.191 e. The minimum atomic E-state index is -0.174. The Morgan fingerprint density at radius 2 is 1.71 bits per heavy atom. The molecule has 1 saturated carbocycles. The molecule has 0 amide bonds. The Bertz CT molecular complexity index is 350. The number of rotatable bonds is 4. The van der Waals surface area contributed by atoms with E-state index in [1.165, 1.54) is 0 Å². The molecule has 124 valence electrons. The third kappa shape index (κ3) is 6.68. The minimum Gasteiger partial charge on any atom is -0.393 e. The fourth-order valence-corrected chi connectivity index (χ4v) is 3.31. The Kier molecular flexibility index (Phi) is 6.51. The lowest BCUT2D eigenvalue weighted by atomic mass is 9.69. The molecule has 1 aliphatic rings. The van der Waals surface area contributed by atoms with Gasteiger partial charge in [0.15, 0.2) is 5.96 Å². The Balaban J connectivity index is 2.70. The molecule has 0 aromatic carbocycles. The molecule has 0 bridgehead atoms. The van der Waals surface area contributed by atoms with Gasteiger partial charge < -0.3 is 15.7 Å². The second-order valence-electron chi connectivity index (χ2n) is 8.03. The maximum atomic E-state index is 10.1. The Labute approximate surface area is 130 Å². The van der Waals surface area contributed by atoms with E-state index >= 15 is 0 Å². The summed E-state index contributed by atoms with van der Waals surface area (Å²) in [5.41, 5.74) is 0.221. The number of aliphatic hydroxyl groups excluding tert-OH is 1. The van der Waals surface area contributed by atoms with Crippen LogP contribution in [0.3, 0.4) is 0 Å². The summed E-state index contributed by atoms with van der Waals surface area (Å²) in [4.78, 5) is 4.64. The van der Waals surface area contributed by atoms with Gasteiger partial charge in [-0.15, -0.1) is 0 Å². The SMILES string of the molecule is CC(C)N=C(NC(C)C)NC(C)C1CC(O)CC(C)(C)C1. The van der Waals surface area contributed by atoms with E-state index in [2.05, 4.69) is 64.1 Å². The van der Waals surface area contributed by atoms with E-state index in [4.69, 9.17) is 0 Å². The van der Waals surface area contributed by atoms with E-state index in [0.29, 0.717) is 18.0 Å². The summed E-state index contributed by atoms with van der Waals surface area (Å²) >= 11 is 0. The van der Waals surface area contributed by atoms with Crippen molar-refractivity contribution >= 4 is 5.96 Å². The first-order chi connectivity index (χ1) is 9.59. The smallest absolute Gasteiger partial charge is 0.191 e. The van der Waals surface area contributed by atoms with Crippen LogP contribution < -0.4 is 10.6 Å². The van der Waals surface area contributed by atoms with Crippen LogP contribution in [0.4, 0.5) is 0 Å². The third-order valence-electron chi connectivity index (χ3n) is 4.06. The molecule has 1 rings (SSSR count). The van der Waals surface area contributed by atoms with Crippen LogP contribution in [0.2, 0.25) is 0 Å². The van der Waals surface area contributed by atoms with E-state index in [1.54, 1.807) is 0 Å². The van der Waals surface area contributed by atoms with Crippen LogP contribution in [0.5, 0.6) is 0 Å². The molecule has 0 radical (unpaired) electrons. The lowest BCUT2D eigenvalue weighted by Crippen LogP contribution is -2.50. The first kappa shape index (κ1) is 18.3. The summed E-state index contributed by atoms with van der Waals surface area (Å²) < 4.78 is 0. The zero-order valence-corrected chi connectivity index (χ0v) is 14.9. The van der Waals surface area contributed by atoms with Gasteiger partial charge in [-0.3, -0.25) is 4.99 Å². The van der Waals surface area contributed by atoms with Gasteiger partial charge in [0, 0.05) is 18.1 Å². The van der Waals surface area contributed by atoms with Crippen molar-refractivity contribution < 1.29 is 5.11 Å². The van der Waals surface area contributed by atoms with Crippen molar-refractivity contribution in [2.75, 3.05) is 0 Å². The van der Waals surface area contributed by atoms with Crippen LogP contribution in [0, 0.1) is 11.3 Å². The second kappa shape index (κ2) is 7.48. The maximum absolute atomic E-state index is 10.1. The Morgan fingerprint density at radius 3 is 2.19 bits per heavy atom. The van der Waals surface area contributed by atoms with Crippen molar-refractivity contribution in [1.29, 1.82) is 0 Å². The van der Waals surface area contributed by atoms with Crippen LogP contribution >= 0.6 is 0 Å². The Morgan fingerprint density at radius 1 is 1.10 bits per heavy atom. The average Bonchev–Trinajstić information content (AvgIpc) is 2.23. The number of nitrogens with zero attached hydrogens (tertiary/aromatic N) is 1. The number of aliphatic hydroxyl groups is 1. The monoisotopic (exact) mass is 297 g/mol. The van der Waals surface area contributed by atoms with E-state index in [0.717, 1.165) is 25.2 Å². The topological polar surface area (TPSA) is 56.7 Å². The van der Waals surface area contributed by atoms with Crippen molar-refractivity contribution in [3.63, 3.8) is 0 Å². The average molecular weight is 297 g/mol. The summed E-state index contributed by atoms with van der Waals surface area (Å²) in [6.45, 7) is 15.1. The molecule has 0 aliphatic heterocycles. The molecule has 0 saturated heterocycles. The normalized spacial score (nSPS) is 27.8. The van der Waals surface area contributed by atoms with Crippen LogP contribution in [-0.4, -0.2) is 35.3 Å². The molecule has 3 N–H and O–H groups in total. The van der Waals surface area contributed by atoms with Gasteiger partial charge in [0.2, 0.25) is 0 Å². The number of guanidine groups is 1. The molecular formula is C17H35N3O. The molecule has 4 nitrogen and oxygen atoms in total. The van der Waals surface area contributed by atoms with Gasteiger partial charge >= 0.3 is 0 Å². The quantitative estimate of drug-likeness (QED) is 0.552. The highest BCUT2D eigenvalue weighted by molar-refractivity contribution is 5.80. The summed E-state index contributed by atoms with van der Waals surface area (Å²) in [5, 5.41) is 17.0. The van der Waals surface area contributed by atoms with E-state index in [9.17, 15) is 5.11 Å². The second-order valence-corrected chi connectivity index (χ2v) is 8.03. The van der Waals surface area contributed by atoms with Crippen molar-refractivity contribution in [3.8, 4) is 0 Å². The summed E-state index contributed by atoms with van der Waals surface area (Å²) in [6, 6.07) is 0.929. The highest BCUT2D eigenvalue weighted by Crippen LogP contribution is 2.40. The first-order valence-electron chi connectivity index (χ1n) is 8.38. The molecule has 0 aromatic heterocycles. The third-order valence-corrected chi connectivity index (χ3v) is 4.06. The van der Waals surface area contributed by atoms with Gasteiger partial charge in [-0.1, -0.05) is 13.8 Å². The van der Waals surface area contributed by atoms with Gasteiger partial charge in [0.1, 0.15) is 0 Å². The number of aliphatic imine (C=N–C) groups is 1. The van der Waals surface area contributed by atoms with Crippen molar-refractivity contribution in [3.05, 3.63) is 0 Å². The molecule has 1 aliphatic carbocycles. The molecule has 3 atom stereocenters. The zero-order valence-electron chi connectivity index (χ0n) is 14.9. The molecule has 0 aromatic rings. The Hall–Kier alpha value is -0.770. The van der Waals surface area contributed by atoms with Gasteiger partial charge in [-0.25, -0.2) is 0 Å².